The highest BCUT2D eigenvalue weighted by Gasteiger charge is 2.24. The third-order valence-corrected chi connectivity index (χ3v) is 6.43. The molecule has 0 amide bonds. The number of hydrogen-bond donors (Lipinski definition) is 1. The van der Waals surface area contributed by atoms with E-state index in [0.717, 1.165) is 33.8 Å². The second kappa shape index (κ2) is 5.97. The van der Waals surface area contributed by atoms with E-state index < -0.39 is 33.0 Å². The highest BCUT2D eigenvalue weighted by molar-refractivity contribution is 7.93. The van der Waals surface area contributed by atoms with Gasteiger partial charge >= 0.3 is 11.6 Å². The van der Waals surface area contributed by atoms with E-state index in [1.54, 1.807) is 0 Å². The molecule has 0 fully saturated rings. The Balaban J connectivity index is 2.09. The summed E-state index contributed by atoms with van der Waals surface area (Å²) in [6.07, 6.45) is 0. The predicted octanol–water partition coefficient (Wildman–Crippen LogP) is 2.52. The van der Waals surface area contributed by atoms with Crippen molar-refractivity contribution in [2.24, 2.45) is 0 Å². The van der Waals surface area contributed by atoms with Crippen LogP contribution in [0.2, 0.25) is 0 Å². The van der Waals surface area contributed by atoms with E-state index >= 15 is 0 Å². The largest absolute Gasteiger partial charge is 0.477 e. The minimum atomic E-state index is -4.03. The normalized spacial score (nSPS) is 11.6. The summed E-state index contributed by atoms with van der Waals surface area (Å²) in [4.78, 5) is 22.3. The quantitative estimate of drug-likeness (QED) is 0.742. The lowest BCUT2D eigenvalue weighted by Gasteiger charge is -2.17. The molecule has 1 aromatic carbocycles. The lowest BCUT2D eigenvalue weighted by Crippen LogP contribution is -2.25. The molecule has 0 aliphatic rings. The lowest BCUT2D eigenvalue weighted by atomic mass is 10.3. The molecular weight excluding hydrogens is 373 g/mol. The fourth-order valence-electron chi connectivity index (χ4n) is 2.11. The number of carbonyl (C=O) groups is 1. The van der Waals surface area contributed by atoms with Crippen LogP contribution in [-0.2, 0) is 10.0 Å². The second-order valence-corrected chi connectivity index (χ2v) is 8.03. The SMILES string of the molecule is CN(c1cc2oc(=O)c(C(=O)O)cc2s1)S(=O)(=O)c1cccc(F)c1. The standard InChI is InChI=1S/C15H10FNO6S2/c1-17(25(21,22)9-4-2-3-8(16)5-9)13-7-11-12(24-13)6-10(14(18)19)15(20)23-11/h2-7H,1H3,(H,18,19). The Hall–Kier alpha value is -2.72. The van der Waals surface area contributed by atoms with Gasteiger partial charge in [-0.05, 0) is 24.3 Å². The number of halogens is 1. The number of sulfonamides is 1. The van der Waals surface area contributed by atoms with Crippen LogP contribution in [0.1, 0.15) is 10.4 Å². The van der Waals surface area contributed by atoms with Crippen molar-refractivity contribution < 1.29 is 27.1 Å². The molecule has 2 heterocycles. The fourth-order valence-corrected chi connectivity index (χ4v) is 4.53. The average molecular weight is 383 g/mol. The Morgan fingerprint density at radius 2 is 2.00 bits per heavy atom. The first-order chi connectivity index (χ1) is 11.7. The van der Waals surface area contributed by atoms with Crippen LogP contribution in [0.3, 0.4) is 0 Å². The Bertz CT molecular complexity index is 1150. The highest BCUT2D eigenvalue weighted by Crippen LogP contribution is 2.34. The van der Waals surface area contributed by atoms with Crippen molar-refractivity contribution in [1.29, 1.82) is 0 Å². The number of carboxylic acids is 1. The van der Waals surface area contributed by atoms with Crippen LogP contribution in [0.25, 0.3) is 10.3 Å². The van der Waals surface area contributed by atoms with E-state index in [-0.39, 0.29) is 15.5 Å². The highest BCUT2D eigenvalue weighted by atomic mass is 32.2. The van der Waals surface area contributed by atoms with Crippen LogP contribution in [-0.4, -0.2) is 26.5 Å². The van der Waals surface area contributed by atoms with Crippen molar-refractivity contribution in [2.75, 3.05) is 11.4 Å². The summed E-state index contributed by atoms with van der Waals surface area (Å²) in [6.45, 7) is 0. The van der Waals surface area contributed by atoms with Gasteiger partial charge in [-0.3, -0.25) is 4.31 Å². The first-order valence-electron chi connectivity index (χ1n) is 6.75. The van der Waals surface area contributed by atoms with Gasteiger partial charge in [-0.1, -0.05) is 6.07 Å². The Morgan fingerprint density at radius 3 is 2.64 bits per heavy atom. The lowest BCUT2D eigenvalue weighted by molar-refractivity contribution is 0.0692. The van der Waals surface area contributed by atoms with Crippen molar-refractivity contribution in [3.05, 3.63) is 58.2 Å². The van der Waals surface area contributed by atoms with Gasteiger partial charge in [0.05, 0.1) is 9.60 Å². The van der Waals surface area contributed by atoms with E-state index in [9.17, 15) is 22.4 Å². The molecule has 25 heavy (non-hydrogen) atoms. The van der Waals surface area contributed by atoms with Crippen molar-refractivity contribution in [2.45, 2.75) is 4.90 Å². The fraction of sp³-hybridized carbons (Fsp3) is 0.0667. The van der Waals surface area contributed by atoms with Gasteiger partial charge in [-0.15, -0.1) is 11.3 Å². The van der Waals surface area contributed by atoms with Crippen molar-refractivity contribution in [3.8, 4) is 0 Å². The molecule has 130 valence electrons. The molecule has 0 saturated heterocycles. The summed E-state index contributed by atoms with van der Waals surface area (Å²) in [7, 11) is -2.77. The zero-order chi connectivity index (χ0) is 18.4. The summed E-state index contributed by atoms with van der Waals surface area (Å²) in [5, 5.41) is 9.13. The molecule has 2 aromatic heterocycles. The molecule has 0 spiro atoms. The molecule has 7 nitrogen and oxygen atoms in total. The number of fused-ring (bicyclic) bond motifs is 1. The Morgan fingerprint density at radius 1 is 1.28 bits per heavy atom. The number of carboxylic acid groups (broad SMARTS) is 1. The molecule has 0 aliphatic carbocycles. The first-order valence-corrected chi connectivity index (χ1v) is 9.01. The van der Waals surface area contributed by atoms with Gasteiger partial charge in [0.25, 0.3) is 10.0 Å². The van der Waals surface area contributed by atoms with Gasteiger partial charge < -0.3 is 9.52 Å². The third-order valence-electron chi connectivity index (χ3n) is 3.41. The average Bonchev–Trinajstić information content (AvgIpc) is 2.95. The number of thiophene rings is 1. The topological polar surface area (TPSA) is 105 Å². The first kappa shape index (κ1) is 17.1. The molecule has 0 saturated carbocycles. The summed E-state index contributed by atoms with van der Waals surface area (Å²) in [5.74, 6) is -2.13. The van der Waals surface area contributed by atoms with Crippen molar-refractivity contribution in [1.82, 2.24) is 0 Å². The number of aromatic carboxylic acids is 1. The summed E-state index contributed by atoms with van der Waals surface area (Å²) < 4.78 is 44.6. The zero-order valence-corrected chi connectivity index (χ0v) is 14.2. The van der Waals surface area contributed by atoms with Crippen LogP contribution < -0.4 is 9.93 Å². The van der Waals surface area contributed by atoms with Gasteiger partial charge in [-0.25, -0.2) is 22.4 Å². The van der Waals surface area contributed by atoms with Gasteiger partial charge in [0, 0.05) is 13.1 Å². The molecule has 10 heteroatoms. The maximum absolute atomic E-state index is 13.3. The minimum Gasteiger partial charge on any atom is -0.477 e. The van der Waals surface area contributed by atoms with Crippen LogP contribution in [0.4, 0.5) is 9.39 Å². The van der Waals surface area contributed by atoms with Gasteiger partial charge in [0.2, 0.25) is 0 Å². The molecule has 0 unspecified atom stereocenters. The maximum Gasteiger partial charge on any atom is 0.351 e. The van der Waals surface area contributed by atoms with E-state index in [2.05, 4.69) is 0 Å². The van der Waals surface area contributed by atoms with Gasteiger partial charge in [0.1, 0.15) is 16.4 Å². The minimum absolute atomic E-state index is 0.0660. The number of hydrogen-bond acceptors (Lipinski definition) is 6. The molecule has 0 aliphatic heterocycles. The Kier molecular flexibility index (Phi) is 4.09. The number of anilines is 1. The summed E-state index contributed by atoms with van der Waals surface area (Å²) in [6, 6.07) is 6.98. The van der Waals surface area contributed by atoms with Crippen LogP contribution in [0, 0.1) is 5.82 Å². The smallest absolute Gasteiger partial charge is 0.351 e. The Labute approximate surface area is 144 Å². The second-order valence-electron chi connectivity index (χ2n) is 5.00. The van der Waals surface area contributed by atoms with Crippen molar-refractivity contribution >= 4 is 42.6 Å². The zero-order valence-electron chi connectivity index (χ0n) is 12.6. The van der Waals surface area contributed by atoms with E-state index in [4.69, 9.17) is 9.52 Å². The van der Waals surface area contributed by atoms with Gasteiger partial charge in [0.15, 0.2) is 5.58 Å². The number of rotatable bonds is 4. The van der Waals surface area contributed by atoms with Crippen LogP contribution >= 0.6 is 11.3 Å². The molecule has 0 radical (unpaired) electrons. The van der Waals surface area contributed by atoms with E-state index in [0.29, 0.717) is 4.70 Å². The number of nitrogens with zero attached hydrogens (tertiary/aromatic N) is 1. The van der Waals surface area contributed by atoms with Gasteiger partial charge in [-0.2, -0.15) is 0 Å². The molecule has 3 rings (SSSR count). The monoisotopic (exact) mass is 383 g/mol. The summed E-state index contributed by atoms with van der Waals surface area (Å²) in [5.41, 5.74) is -1.51. The molecule has 3 aromatic rings. The predicted molar refractivity (Wildman–Crippen MR) is 89.3 cm³/mol. The van der Waals surface area contributed by atoms with E-state index in [1.165, 1.54) is 25.2 Å². The van der Waals surface area contributed by atoms with Crippen molar-refractivity contribution in [3.63, 3.8) is 0 Å². The van der Waals surface area contributed by atoms with Crippen LogP contribution in [0.5, 0.6) is 0 Å². The van der Waals surface area contributed by atoms with Crippen LogP contribution in [0.15, 0.2) is 50.5 Å². The molecule has 0 atom stereocenters. The molecule has 1 N–H and O–H groups in total. The number of benzene rings is 1. The van der Waals surface area contributed by atoms with E-state index in [1.807, 2.05) is 0 Å². The third kappa shape index (κ3) is 3.01. The summed E-state index contributed by atoms with van der Waals surface area (Å²) >= 11 is 0.928. The maximum atomic E-state index is 13.3. The molecular formula is C15H10FNO6S2. The molecule has 0 bridgehead atoms.